The van der Waals surface area contributed by atoms with E-state index in [0.29, 0.717) is 23.0 Å². The number of halogens is 1. The van der Waals surface area contributed by atoms with Gasteiger partial charge in [0.2, 0.25) is 0 Å². The minimum atomic E-state index is -0.549. The molecule has 9 heteroatoms. The lowest BCUT2D eigenvalue weighted by Crippen LogP contribution is -1.97. The second-order valence-electron chi connectivity index (χ2n) is 4.99. The molecule has 25 heavy (non-hydrogen) atoms. The predicted molar refractivity (Wildman–Crippen MR) is 90.8 cm³/mol. The lowest BCUT2D eigenvalue weighted by molar-refractivity contribution is -0.384. The van der Waals surface area contributed by atoms with Crippen LogP contribution in [-0.4, -0.2) is 27.2 Å². The van der Waals surface area contributed by atoms with Crippen LogP contribution in [0.25, 0.3) is 11.4 Å². The molecule has 1 heterocycles. The Balaban J connectivity index is 1.71. The van der Waals surface area contributed by atoms with E-state index in [1.165, 1.54) is 12.1 Å². The summed E-state index contributed by atoms with van der Waals surface area (Å²) in [5, 5.41) is 17.8. The number of nitrogens with zero attached hydrogens (tertiary/aromatic N) is 3. The summed E-state index contributed by atoms with van der Waals surface area (Å²) in [5.41, 5.74) is 0.294. The average molecular weight is 361 g/mol. The van der Waals surface area contributed by atoms with E-state index in [1.807, 2.05) is 0 Å². The van der Waals surface area contributed by atoms with Gasteiger partial charge in [-0.15, -0.1) is 0 Å². The van der Waals surface area contributed by atoms with Gasteiger partial charge in [-0.3, -0.25) is 15.2 Å². The van der Waals surface area contributed by atoms with E-state index in [2.05, 4.69) is 15.2 Å². The molecule has 0 aliphatic rings. The highest BCUT2D eigenvalue weighted by molar-refractivity contribution is 6.32. The van der Waals surface area contributed by atoms with Crippen LogP contribution in [0.2, 0.25) is 5.02 Å². The minimum Gasteiger partial charge on any atom is -0.497 e. The van der Waals surface area contributed by atoms with E-state index in [4.69, 9.17) is 21.1 Å². The van der Waals surface area contributed by atoms with E-state index in [0.717, 1.165) is 5.75 Å². The fourth-order valence-electron chi connectivity index (χ4n) is 2.10. The van der Waals surface area contributed by atoms with Gasteiger partial charge in [-0.1, -0.05) is 11.6 Å². The zero-order valence-corrected chi connectivity index (χ0v) is 13.9. The molecular weight excluding hydrogens is 348 g/mol. The fourth-order valence-corrected chi connectivity index (χ4v) is 2.29. The van der Waals surface area contributed by atoms with Crippen molar-refractivity contribution in [3.8, 4) is 22.9 Å². The molecule has 0 saturated heterocycles. The summed E-state index contributed by atoms with van der Waals surface area (Å²) in [6.45, 7) is 0.176. The Kier molecular flexibility index (Phi) is 4.80. The van der Waals surface area contributed by atoms with Gasteiger partial charge in [-0.25, -0.2) is 4.98 Å². The van der Waals surface area contributed by atoms with Crippen LogP contribution < -0.4 is 9.47 Å². The van der Waals surface area contributed by atoms with Gasteiger partial charge in [0.1, 0.15) is 23.1 Å². The van der Waals surface area contributed by atoms with E-state index >= 15 is 0 Å². The molecule has 2 aromatic carbocycles. The van der Waals surface area contributed by atoms with Crippen molar-refractivity contribution in [1.29, 1.82) is 0 Å². The molecule has 0 fully saturated rings. The lowest BCUT2D eigenvalue weighted by atomic mass is 10.2. The molecule has 0 bridgehead atoms. The molecule has 0 atom stereocenters. The highest BCUT2D eigenvalue weighted by Crippen LogP contribution is 2.28. The molecule has 3 aromatic rings. The number of rotatable bonds is 6. The maximum atomic E-state index is 11.0. The molecule has 1 aromatic heterocycles. The van der Waals surface area contributed by atoms with Gasteiger partial charge in [0, 0.05) is 11.6 Å². The van der Waals surface area contributed by atoms with Crippen molar-refractivity contribution in [3.63, 3.8) is 0 Å². The number of nitrogens with one attached hydrogen (secondary N) is 1. The molecule has 128 valence electrons. The van der Waals surface area contributed by atoms with Gasteiger partial charge in [0.25, 0.3) is 5.69 Å². The van der Waals surface area contributed by atoms with E-state index in [1.54, 1.807) is 37.4 Å². The van der Waals surface area contributed by atoms with Crippen molar-refractivity contribution in [2.24, 2.45) is 0 Å². The Morgan fingerprint density at radius 3 is 2.60 bits per heavy atom. The van der Waals surface area contributed by atoms with Gasteiger partial charge in [-0.2, -0.15) is 5.10 Å². The molecular formula is C16H13ClN4O4. The third-order valence-electron chi connectivity index (χ3n) is 3.37. The van der Waals surface area contributed by atoms with Crippen molar-refractivity contribution < 1.29 is 14.4 Å². The zero-order chi connectivity index (χ0) is 17.8. The number of hydrogen-bond donors (Lipinski definition) is 1. The third-order valence-corrected chi connectivity index (χ3v) is 3.69. The van der Waals surface area contributed by atoms with Crippen molar-refractivity contribution in [1.82, 2.24) is 15.2 Å². The summed E-state index contributed by atoms with van der Waals surface area (Å²) in [7, 11) is 1.59. The first-order valence-electron chi connectivity index (χ1n) is 7.19. The standard InChI is InChI=1S/C16H13ClN4O4/c1-24-11-3-5-12(6-4-11)25-9-15-18-16(20-19-15)10-2-7-13(17)14(8-10)21(22)23/h2-8H,9H2,1H3,(H,18,19,20). The highest BCUT2D eigenvalue weighted by atomic mass is 35.5. The van der Waals surface area contributed by atoms with Crippen molar-refractivity contribution in [2.75, 3.05) is 7.11 Å². The average Bonchev–Trinajstić information content (AvgIpc) is 3.09. The summed E-state index contributed by atoms with van der Waals surface area (Å²) in [5.74, 6) is 2.20. The van der Waals surface area contributed by atoms with Gasteiger partial charge in [0.05, 0.1) is 12.0 Å². The molecule has 0 aliphatic carbocycles. The summed E-state index contributed by atoms with van der Waals surface area (Å²) >= 11 is 5.80. The van der Waals surface area contributed by atoms with E-state index < -0.39 is 4.92 Å². The number of H-pyrrole nitrogens is 1. The van der Waals surface area contributed by atoms with E-state index in [9.17, 15) is 10.1 Å². The first-order valence-corrected chi connectivity index (χ1v) is 7.57. The molecule has 8 nitrogen and oxygen atoms in total. The zero-order valence-electron chi connectivity index (χ0n) is 13.1. The number of ether oxygens (including phenoxy) is 2. The number of aromatic nitrogens is 3. The fraction of sp³-hybridized carbons (Fsp3) is 0.125. The molecule has 3 rings (SSSR count). The van der Waals surface area contributed by atoms with Gasteiger partial charge >= 0.3 is 0 Å². The summed E-state index contributed by atoms with van der Waals surface area (Å²) in [4.78, 5) is 14.7. The minimum absolute atomic E-state index is 0.0624. The van der Waals surface area contributed by atoms with Crippen LogP contribution in [0.3, 0.4) is 0 Å². The highest BCUT2D eigenvalue weighted by Gasteiger charge is 2.15. The van der Waals surface area contributed by atoms with E-state index in [-0.39, 0.29) is 17.3 Å². The molecule has 1 N–H and O–H groups in total. The monoisotopic (exact) mass is 360 g/mol. The first kappa shape index (κ1) is 16.7. The van der Waals surface area contributed by atoms with Gasteiger partial charge < -0.3 is 9.47 Å². The number of methoxy groups -OCH3 is 1. The van der Waals surface area contributed by atoms with Crippen molar-refractivity contribution in [3.05, 3.63) is 63.4 Å². The Bertz CT molecular complexity index is 895. The topological polar surface area (TPSA) is 103 Å². The van der Waals surface area contributed by atoms with Crippen LogP contribution in [0.5, 0.6) is 11.5 Å². The van der Waals surface area contributed by atoms with Crippen LogP contribution in [0, 0.1) is 10.1 Å². The first-order chi connectivity index (χ1) is 12.1. The predicted octanol–water partition coefficient (Wildman–Crippen LogP) is 3.62. The lowest BCUT2D eigenvalue weighted by Gasteiger charge is -2.04. The Labute approximate surface area is 147 Å². The summed E-state index contributed by atoms with van der Waals surface area (Å²) in [6.07, 6.45) is 0. The normalized spacial score (nSPS) is 10.5. The number of aromatic amines is 1. The van der Waals surface area contributed by atoms with Crippen LogP contribution in [0.4, 0.5) is 5.69 Å². The second-order valence-corrected chi connectivity index (χ2v) is 5.40. The smallest absolute Gasteiger partial charge is 0.288 e. The quantitative estimate of drug-likeness (QED) is 0.532. The summed E-state index contributed by atoms with van der Waals surface area (Å²) in [6, 6.07) is 11.5. The molecule has 0 amide bonds. The largest absolute Gasteiger partial charge is 0.497 e. The van der Waals surface area contributed by atoms with Crippen LogP contribution >= 0.6 is 11.6 Å². The maximum Gasteiger partial charge on any atom is 0.288 e. The SMILES string of the molecule is COc1ccc(OCc2nc(-c3ccc(Cl)c([N+](=O)[O-])c3)n[nH]2)cc1. The van der Waals surface area contributed by atoms with Crippen LogP contribution in [-0.2, 0) is 6.61 Å². The molecule has 0 unspecified atom stereocenters. The Morgan fingerprint density at radius 2 is 1.92 bits per heavy atom. The number of nitro benzene ring substituents is 1. The molecule has 0 radical (unpaired) electrons. The van der Waals surface area contributed by atoms with Gasteiger partial charge in [-0.05, 0) is 36.4 Å². The van der Waals surface area contributed by atoms with Crippen molar-refractivity contribution in [2.45, 2.75) is 6.61 Å². The Hall–Kier alpha value is -3.13. The maximum absolute atomic E-state index is 11.0. The second kappa shape index (κ2) is 7.18. The number of hydrogen-bond acceptors (Lipinski definition) is 6. The van der Waals surface area contributed by atoms with Crippen LogP contribution in [0.15, 0.2) is 42.5 Å². The Morgan fingerprint density at radius 1 is 1.20 bits per heavy atom. The summed E-state index contributed by atoms with van der Waals surface area (Å²) < 4.78 is 10.7. The molecule has 0 spiro atoms. The number of nitro groups is 1. The molecule has 0 aliphatic heterocycles. The molecule has 0 saturated carbocycles. The third kappa shape index (κ3) is 3.86. The van der Waals surface area contributed by atoms with Crippen LogP contribution in [0.1, 0.15) is 5.82 Å². The van der Waals surface area contributed by atoms with Crippen molar-refractivity contribution >= 4 is 17.3 Å². The number of benzene rings is 2. The van der Waals surface area contributed by atoms with Gasteiger partial charge in [0.15, 0.2) is 11.6 Å².